The zero-order valence-corrected chi connectivity index (χ0v) is 20.9. The number of amides is 2. The van der Waals surface area contributed by atoms with Gasteiger partial charge in [0.05, 0.1) is 4.90 Å². The first-order valence-corrected chi connectivity index (χ1v) is 12.7. The number of hydrogen-bond acceptors (Lipinski definition) is 5. The number of nitrogens with zero attached hydrogens (tertiary/aromatic N) is 1. The van der Waals surface area contributed by atoms with Crippen molar-refractivity contribution in [3.63, 3.8) is 0 Å². The van der Waals surface area contributed by atoms with E-state index in [2.05, 4.69) is 20.3 Å². The van der Waals surface area contributed by atoms with E-state index < -0.39 is 21.3 Å². The number of fused-ring (bicyclic) bond motifs is 1. The second-order valence-corrected chi connectivity index (χ2v) is 10.9. The number of carbonyl (C=O) groups excluding carboxylic acids is 2. The van der Waals surface area contributed by atoms with Crippen LogP contribution in [0.2, 0.25) is 0 Å². The molecule has 0 aliphatic carbocycles. The second-order valence-electron chi connectivity index (χ2n) is 9.21. The van der Waals surface area contributed by atoms with Gasteiger partial charge >= 0.3 is 0 Å². The lowest BCUT2D eigenvalue weighted by molar-refractivity contribution is -0.123. The average Bonchev–Trinajstić information content (AvgIpc) is 2.85. The molecule has 4 aromatic rings. The molecule has 0 aliphatic heterocycles. The van der Waals surface area contributed by atoms with Crippen LogP contribution in [0.15, 0.2) is 90.0 Å². The number of nitrogens with one attached hydrogen (secondary N) is 3. The number of hydrogen-bond donors (Lipinski definition) is 3. The Kier molecular flexibility index (Phi) is 6.76. The maximum atomic E-state index is 13.3. The molecule has 0 bridgehead atoms. The van der Waals surface area contributed by atoms with Crippen LogP contribution >= 0.6 is 0 Å². The maximum Gasteiger partial charge on any atom is 0.274 e. The van der Waals surface area contributed by atoms with E-state index in [9.17, 15) is 18.0 Å². The van der Waals surface area contributed by atoms with Crippen molar-refractivity contribution in [1.29, 1.82) is 0 Å². The molecule has 3 N–H and O–H groups in total. The number of rotatable bonds is 6. The van der Waals surface area contributed by atoms with Crippen LogP contribution in [0, 0.1) is 5.41 Å². The highest BCUT2D eigenvalue weighted by Crippen LogP contribution is 2.31. The van der Waals surface area contributed by atoms with Crippen molar-refractivity contribution in [2.45, 2.75) is 25.7 Å². The summed E-state index contributed by atoms with van der Waals surface area (Å²) in [4.78, 5) is 28.9. The molecule has 36 heavy (non-hydrogen) atoms. The van der Waals surface area contributed by atoms with Gasteiger partial charge in [-0.05, 0) is 48.5 Å². The minimum atomic E-state index is -3.96. The van der Waals surface area contributed by atoms with Crippen LogP contribution in [-0.4, -0.2) is 25.2 Å². The first-order chi connectivity index (χ1) is 17.0. The largest absolute Gasteiger partial charge is 0.326 e. The SMILES string of the molecule is CC(C)(C)C(=O)Nc1ccc(NS(=O)(=O)c2ccc(NC(=O)c3ccccn3)c3ccccc23)cc1. The topological polar surface area (TPSA) is 117 Å². The lowest BCUT2D eigenvalue weighted by atomic mass is 9.95. The van der Waals surface area contributed by atoms with Gasteiger partial charge < -0.3 is 10.6 Å². The van der Waals surface area contributed by atoms with Gasteiger partial charge in [-0.25, -0.2) is 8.42 Å². The van der Waals surface area contributed by atoms with Gasteiger partial charge in [0.1, 0.15) is 5.69 Å². The molecule has 0 aliphatic rings. The maximum absolute atomic E-state index is 13.3. The third kappa shape index (κ3) is 5.52. The van der Waals surface area contributed by atoms with Gasteiger partial charge in [-0.3, -0.25) is 19.3 Å². The van der Waals surface area contributed by atoms with Crippen LogP contribution in [0.25, 0.3) is 10.8 Å². The Labute approximate surface area is 209 Å². The van der Waals surface area contributed by atoms with Gasteiger partial charge in [-0.2, -0.15) is 0 Å². The van der Waals surface area contributed by atoms with Crippen molar-refractivity contribution in [3.8, 4) is 0 Å². The average molecular weight is 503 g/mol. The van der Waals surface area contributed by atoms with E-state index in [1.807, 2.05) is 20.8 Å². The van der Waals surface area contributed by atoms with Gasteiger partial charge in [0.15, 0.2) is 0 Å². The minimum absolute atomic E-state index is 0.0686. The molecule has 2 amide bonds. The summed E-state index contributed by atoms with van der Waals surface area (Å²) in [5, 5.41) is 6.65. The molecule has 0 atom stereocenters. The number of sulfonamides is 1. The van der Waals surface area contributed by atoms with Crippen molar-refractivity contribution in [2.75, 3.05) is 15.4 Å². The molecule has 1 aromatic heterocycles. The van der Waals surface area contributed by atoms with Crippen molar-refractivity contribution < 1.29 is 18.0 Å². The molecule has 0 fully saturated rings. The molecule has 0 saturated heterocycles. The molecule has 0 saturated carbocycles. The predicted molar refractivity (Wildman–Crippen MR) is 141 cm³/mol. The van der Waals surface area contributed by atoms with E-state index in [1.54, 1.807) is 72.8 Å². The third-order valence-corrected chi connectivity index (χ3v) is 6.83. The van der Waals surface area contributed by atoms with Crippen LogP contribution in [0.3, 0.4) is 0 Å². The van der Waals surface area contributed by atoms with Crippen molar-refractivity contribution in [3.05, 3.63) is 90.8 Å². The van der Waals surface area contributed by atoms with Gasteiger partial charge in [0.25, 0.3) is 15.9 Å². The third-order valence-electron chi connectivity index (χ3n) is 5.40. The Balaban J connectivity index is 1.59. The van der Waals surface area contributed by atoms with E-state index in [0.717, 1.165) is 0 Å². The molecule has 184 valence electrons. The summed E-state index contributed by atoms with van der Waals surface area (Å²) in [5.41, 5.74) is 1.09. The number of benzene rings is 3. The Bertz CT molecular complexity index is 1530. The molecular formula is C27H26N4O4S. The monoisotopic (exact) mass is 502 g/mol. The fourth-order valence-electron chi connectivity index (χ4n) is 3.45. The number of pyridine rings is 1. The molecule has 0 unspecified atom stereocenters. The molecule has 0 spiro atoms. The van der Waals surface area contributed by atoms with Crippen molar-refractivity contribution >= 4 is 49.7 Å². The van der Waals surface area contributed by atoms with Gasteiger partial charge in [0.2, 0.25) is 5.91 Å². The Morgan fingerprint density at radius 2 is 1.39 bits per heavy atom. The molecule has 8 nitrogen and oxygen atoms in total. The van der Waals surface area contributed by atoms with Crippen molar-refractivity contribution in [2.24, 2.45) is 5.41 Å². The summed E-state index contributed by atoms with van der Waals surface area (Å²) < 4.78 is 29.2. The Hall–Kier alpha value is -4.24. The predicted octanol–water partition coefficient (Wildman–Crippen LogP) is 5.27. The summed E-state index contributed by atoms with van der Waals surface area (Å²) >= 11 is 0. The molecule has 4 rings (SSSR count). The highest BCUT2D eigenvalue weighted by molar-refractivity contribution is 7.93. The lowest BCUT2D eigenvalue weighted by Crippen LogP contribution is -2.27. The summed E-state index contributed by atoms with van der Waals surface area (Å²) in [6.07, 6.45) is 1.53. The lowest BCUT2D eigenvalue weighted by Gasteiger charge is -2.18. The van der Waals surface area contributed by atoms with Crippen LogP contribution < -0.4 is 15.4 Å². The number of carbonyl (C=O) groups is 2. The molecular weight excluding hydrogens is 476 g/mol. The van der Waals surface area contributed by atoms with E-state index in [0.29, 0.717) is 27.8 Å². The Morgan fingerprint density at radius 3 is 2.03 bits per heavy atom. The molecule has 3 aromatic carbocycles. The van der Waals surface area contributed by atoms with Crippen LogP contribution in [0.4, 0.5) is 17.1 Å². The van der Waals surface area contributed by atoms with Gasteiger partial charge in [0, 0.05) is 39.4 Å². The quantitative estimate of drug-likeness (QED) is 0.332. The van der Waals surface area contributed by atoms with E-state index >= 15 is 0 Å². The summed E-state index contributed by atoms with van der Waals surface area (Å²) in [5.74, 6) is -0.536. The first-order valence-electron chi connectivity index (χ1n) is 11.2. The summed E-state index contributed by atoms with van der Waals surface area (Å²) in [7, 11) is -3.96. The fraction of sp³-hybridized carbons (Fsp3) is 0.148. The highest BCUT2D eigenvalue weighted by Gasteiger charge is 2.22. The zero-order valence-electron chi connectivity index (χ0n) is 20.1. The van der Waals surface area contributed by atoms with Crippen molar-refractivity contribution in [1.82, 2.24) is 4.98 Å². The van der Waals surface area contributed by atoms with Crippen LogP contribution in [0.1, 0.15) is 31.3 Å². The van der Waals surface area contributed by atoms with Crippen LogP contribution in [0.5, 0.6) is 0 Å². The first kappa shape index (κ1) is 24.9. The van der Waals surface area contributed by atoms with Crippen LogP contribution in [-0.2, 0) is 14.8 Å². The number of anilines is 3. The normalized spacial score (nSPS) is 11.6. The van der Waals surface area contributed by atoms with E-state index in [1.165, 1.54) is 12.3 Å². The van der Waals surface area contributed by atoms with Gasteiger partial charge in [-0.1, -0.05) is 51.1 Å². The fourth-order valence-corrected chi connectivity index (χ4v) is 4.72. The summed E-state index contributed by atoms with van der Waals surface area (Å²) in [6.45, 7) is 5.43. The van der Waals surface area contributed by atoms with E-state index in [-0.39, 0.29) is 16.5 Å². The second kappa shape index (κ2) is 9.79. The smallest absolute Gasteiger partial charge is 0.274 e. The minimum Gasteiger partial charge on any atom is -0.326 e. The standard InChI is InChI=1S/C27H26N4O4S/c1-27(2,3)26(33)29-18-11-13-19(14-12-18)31-36(34,35)24-16-15-22(20-8-4-5-9-21(20)24)30-25(32)23-10-6-7-17-28-23/h4-17,31H,1-3H3,(H,29,33)(H,30,32). The zero-order chi connectivity index (χ0) is 25.9. The summed E-state index contributed by atoms with van der Waals surface area (Å²) in [6, 6.07) is 21.4. The molecule has 9 heteroatoms. The van der Waals surface area contributed by atoms with E-state index in [4.69, 9.17) is 0 Å². The Morgan fingerprint density at radius 1 is 0.750 bits per heavy atom. The van der Waals surface area contributed by atoms with Gasteiger partial charge in [-0.15, -0.1) is 0 Å². The molecule has 1 heterocycles. The molecule has 0 radical (unpaired) electrons. The number of aromatic nitrogens is 1. The highest BCUT2D eigenvalue weighted by atomic mass is 32.2.